The van der Waals surface area contributed by atoms with Crippen LogP contribution in [-0.2, 0) is 4.79 Å². The number of rotatable bonds is 6. The average Bonchev–Trinajstić information content (AvgIpc) is 2.25. The second-order valence-corrected chi connectivity index (χ2v) is 4.84. The summed E-state index contributed by atoms with van der Waals surface area (Å²) < 4.78 is 0. The highest BCUT2D eigenvalue weighted by Crippen LogP contribution is 2.21. The van der Waals surface area contributed by atoms with Crippen molar-refractivity contribution in [3.8, 4) is 0 Å². The lowest BCUT2D eigenvalue weighted by atomic mass is 9.95. The molecule has 0 aromatic heterocycles. The third-order valence-corrected chi connectivity index (χ3v) is 2.85. The van der Waals surface area contributed by atoms with Gasteiger partial charge in [-0.05, 0) is 30.7 Å². The maximum absolute atomic E-state index is 11.4. The van der Waals surface area contributed by atoms with Gasteiger partial charge in [0, 0.05) is 11.1 Å². The molecule has 1 amide bonds. The van der Waals surface area contributed by atoms with Crippen molar-refractivity contribution >= 4 is 17.5 Å². The minimum absolute atomic E-state index is 0.251. The summed E-state index contributed by atoms with van der Waals surface area (Å²) in [7, 11) is 0. The van der Waals surface area contributed by atoms with Crippen LogP contribution in [0.3, 0.4) is 0 Å². The number of primary amides is 1. The van der Waals surface area contributed by atoms with Crippen LogP contribution in [0.2, 0.25) is 5.02 Å². The Kier molecular flexibility index (Phi) is 5.45. The summed E-state index contributed by atoms with van der Waals surface area (Å²) in [6.07, 6.45) is 0.704. The first kappa shape index (κ1) is 14.0. The quantitative estimate of drug-likeness (QED) is 0.819. The van der Waals surface area contributed by atoms with Crippen LogP contribution in [0, 0.1) is 0 Å². The summed E-state index contributed by atoms with van der Waals surface area (Å²) in [5, 5.41) is 3.94. The lowest BCUT2D eigenvalue weighted by molar-refractivity contribution is -0.119. The van der Waals surface area contributed by atoms with Gasteiger partial charge in [-0.2, -0.15) is 0 Å². The molecule has 0 aliphatic heterocycles. The molecule has 17 heavy (non-hydrogen) atoms. The first-order valence-corrected chi connectivity index (χ1v) is 6.16. The molecule has 0 spiro atoms. The minimum atomic E-state index is -0.294. The zero-order chi connectivity index (χ0) is 12.8. The third-order valence-electron chi connectivity index (χ3n) is 2.60. The van der Waals surface area contributed by atoms with Gasteiger partial charge in [0.2, 0.25) is 5.91 Å². The van der Waals surface area contributed by atoms with E-state index in [9.17, 15) is 4.79 Å². The molecule has 0 bridgehead atoms. The van der Waals surface area contributed by atoms with Crippen molar-refractivity contribution in [3.05, 3.63) is 34.9 Å². The molecule has 3 nitrogen and oxygen atoms in total. The van der Waals surface area contributed by atoms with Crippen LogP contribution in [0.5, 0.6) is 0 Å². The van der Waals surface area contributed by atoms with Gasteiger partial charge in [-0.3, -0.25) is 4.79 Å². The fraction of sp³-hybridized carbons (Fsp3) is 0.462. The van der Waals surface area contributed by atoms with Gasteiger partial charge in [0.25, 0.3) is 0 Å². The van der Waals surface area contributed by atoms with Gasteiger partial charge in [0.15, 0.2) is 0 Å². The number of nitrogens with one attached hydrogen (secondary N) is 1. The molecule has 0 fully saturated rings. The standard InChI is InChI=1S/C13H19ClN2O/c1-9(2)16-8-7-12(13(15)17)10-3-5-11(14)6-4-10/h3-6,9,12,16H,7-8H2,1-2H3,(H2,15,17)/t12-/m1/s1. The molecule has 1 aromatic carbocycles. The summed E-state index contributed by atoms with van der Waals surface area (Å²) in [6, 6.07) is 7.68. The van der Waals surface area contributed by atoms with E-state index in [1.807, 2.05) is 12.1 Å². The summed E-state index contributed by atoms with van der Waals surface area (Å²) in [5.41, 5.74) is 6.35. The van der Waals surface area contributed by atoms with Crippen LogP contribution in [0.1, 0.15) is 31.7 Å². The maximum atomic E-state index is 11.4. The lowest BCUT2D eigenvalue weighted by Crippen LogP contribution is -2.29. The second kappa shape index (κ2) is 6.62. The van der Waals surface area contributed by atoms with Gasteiger partial charge in [0.1, 0.15) is 0 Å². The van der Waals surface area contributed by atoms with Gasteiger partial charge in [-0.1, -0.05) is 37.6 Å². The predicted octanol–water partition coefficient (Wildman–Crippen LogP) is 2.30. The van der Waals surface area contributed by atoms with Crippen LogP contribution in [-0.4, -0.2) is 18.5 Å². The van der Waals surface area contributed by atoms with Crippen molar-refractivity contribution in [1.82, 2.24) is 5.32 Å². The van der Waals surface area contributed by atoms with Crippen LogP contribution in [0.4, 0.5) is 0 Å². The Morgan fingerprint density at radius 2 is 1.94 bits per heavy atom. The van der Waals surface area contributed by atoms with Gasteiger partial charge < -0.3 is 11.1 Å². The van der Waals surface area contributed by atoms with E-state index >= 15 is 0 Å². The summed E-state index contributed by atoms with van der Waals surface area (Å²) in [6.45, 7) is 4.91. The van der Waals surface area contributed by atoms with Crippen LogP contribution in [0.25, 0.3) is 0 Å². The van der Waals surface area contributed by atoms with Crippen molar-refractivity contribution < 1.29 is 4.79 Å². The number of hydrogen-bond donors (Lipinski definition) is 2. The Hall–Kier alpha value is -1.06. The molecule has 1 atom stereocenters. The van der Waals surface area contributed by atoms with Crippen molar-refractivity contribution in [3.63, 3.8) is 0 Å². The second-order valence-electron chi connectivity index (χ2n) is 4.40. The van der Waals surface area contributed by atoms with E-state index in [4.69, 9.17) is 17.3 Å². The molecule has 0 aliphatic rings. The number of amides is 1. The molecule has 0 unspecified atom stereocenters. The van der Waals surface area contributed by atoms with E-state index in [1.54, 1.807) is 12.1 Å². The molecule has 1 aromatic rings. The predicted molar refractivity (Wildman–Crippen MR) is 71.1 cm³/mol. The molecule has 0 radical (unpaired) electrons. The fourth-order valence-corrected chi connectivity index (χ4v) is 1.81. The average molecular weight is 255 g/mol. The van der Waals surface area contributed by atoms with Gasteiger partial charge in [-0.15, -0.1) is 0 Å². The van der Waals surface area contributed by atoms with Crippen molar-refractivity contribution in [2.24, 2.45) is 5.73 Å². The van der Waals surface area contributed by atoms with E-state index in [2.05, 4.69) is 19.2 Å². The Morgan fingerprint density at radius 1 is 1.35 bits per heavy atom. The molecule has 0 heterocycles. The minimum Gasteiger partial charge on any atom is -0.369 e. The summed E-state index contributed by atoms with van der Waals surface area (Å²) >= 11 is 5.81. The van der Waals surface area contributed by atoms with E-state index < -0.39 is 0 Å². The van der Waals surface area contributed by atoms with Gasteiger partial charge >= 0.3 is 0 Å². The molecular formula is C13H19ClN2O. The number of halogens is 1. The zero-order valence-electron chi connectivity index (χ0n) is 10.2. The monoisotopic (exact) mass is 254 g/mol. The van der Waals surface area contributed by atoms with E-state index in [0.29, 0.717) is 17.5 Å². The van der Waals surface area contributed by atoms with Gasteiger partial charge in [0.05, 0.1) is 5.92 Å². The van der Waals surface area contributed by atoms with Crippen LogP contribution < -0.4 is 11.1 Å². The van der Waals surface area contributed by atoms with E-state index in [1.165, 1.54) is 0 Å². The third kappa shape index (κ3) is 4.75. The first-order valence-electron chi connectivity index (χ1n) is 5.79. The van der Waals surface area contributed by atoms with Crippen molar-refractivity contribution in [1.29, 1.82) is 0 Å². The largest absolute Gasteiger partial charge is 0.369 e. The molecule has 0 saturated carbocycles. The van der Waals surface area contributed by atoms with E-state index in [-0.39, 0.29) is 11.8 Å². The molecule has 94 valence electrons. The molecule has 4 heteroatoms. The fourth-order valence-electron chi connectivity index (χ4n) is 1.68. The molecule has 0 aliphatic carbocycles. The van der Waals surface area contributed by atoms with Crippen LogP contribution in [0.15, 0.2) is 24.3 Å². The molecule has 1 rings (SSSR count). The lowest BCUT2D eigenvalue weighted by Gasteiger charge is -2.15. The SMILES string of the molecule is CC(C)NCC[C@@H](C(N)=O)c1ccc(Cl)cc1. The van der Waals surface area contributed by atoms with Crippen molar-refractivity contribution in [2.45, 2.75) is 32.2 Å². The van der Waals surface area contributed by atoms with Crippen LogP contribution >= 0.6 is 11.6 Å². The highest BCUT2D eigenvalue weighted by atomic mass is 35.5. The molecular weight excluding hydrogens is 236 g/mol. The first-order chi connectivity index (χ1) is 8.00. The van der Waals surface area contributed by atoms with E-state index in [0.717, 1.165) is 12.1 Å². The zero-order valence-corrected chi connectivity index (χ0v) is 11.0. The van der Waals surface area contributed by atoms with Gasteiger partial charge in [-0.25, -0.2) is 0 Å². The molecule has 0 saturated heterocycles. The number of benzene rings is 1. The number of nitrogens with two attached hydrogens (primary N) is 1. The topological polar surface area (TPSA) is 55.1 Å². The number of carbonyl (C=O) groups excluding carboxylic acids is 1. The smallest absolute Gasteiger partial charge is 0.225 e. The summed E-state index contributed by atoms with van der Waals surface area (Å²) in [5.74, 6) is -0.545. The summed E-state index contributed by atoms with van der Waals surface area (Å²) in [4.78, 5) is 11.4. The Balaban J connectivity index is 2.66. The maximum Gasteiger partial charge on any atom is 0.225 e. The molecule has 3 N–H and O–H groups in total. The van der Waals surface area contributed by atoms with Crippen molar-refractivity contribution in [2.75, 3.05) is 6.54 Å². The Bertz CT molecular complexity index is 362. The number of hydrogen-bond acceptors (Lipinski definition) is 2. The highest BCUT2D eigenvalue weighted by molar-refractivity contribution is 6.30. The normalized spacial score (nSPS) is 12.7. The Labute approximate surface area is 107 Å². The Morgan fingerprint density at radius 3 is 2.41 bits per heavy atom. The highest BCUT2D eigenvalue weighted by Gasteiger charge is 2.17. The number of carbonyl (C=O) groups is 1.